The number of amides is 1. The zero-order valence-electron chi connectivity index (χ0n) is 23.5. The molecule has 0 spiro atoms. The number of allylic oxidation sites excluding steroid dienone is 1. The second-order valence-electron chi connectivity index (χ2n) is 10.4. The Kier molecular flexibility index (Phi) is 9.27. The SMILES string of the molecule is CC(C)N(C(=O)CSC1=N[C@H](c2ccc(O)cc2)C2=C(N1)/C(=C/c1ccc(OC(F)F)cc1)CCC2)c1ccccc1. The molecule has 5 rings (SSSR count). The smallest absolute Gasteiger partial charge is 0.387 e. The van der Waals surface area contributed by atoms with Crippen LogP contribution in [0, 0.1) is 0 Å². The molecule has 0 aromatic heterocycles. The van der Waals surface area contributed by atoms with Crippen molar-refractivity contribution in [2.24, 2.45) is 4.99 Å². The number of carbonyl (C=O) groups is 1. The van der Waals surface area contributed by atoms with Gasteiger partial charge in [0.1, 0.15) is 17.5 Å². The van der Waals surface area contributed by atoms with Gasteiger partial charge < -0.3 is 20.1 Å². The lowest BCUT2D eigenvalue weighted by molar-refractivity contribution is -0.116. The van der Waals surface area contributed by atoms with E-state index < -0.39 is 6.61 Å². The number of hydrogen-bond acceptors (Lipinski definition) is 6. The van der Waals surface area contributed by atoms with Gasteiger partial charge in [-0.25, -0.2) is 4.99 Å². The van der Waals surface area contributed by atoms with Crippen molar-refractivity contribution in [1.29, 1.82) is 0 Å². The number of halogens is 2. The molecule has 2 N–H and O–H groups in total. The van der Waals surface area contributed by atoms with E-state index in [1.807, 2.05) is 56.3 Å². The van der Waals surface area contributed by atoms with Gasteiger partial charge in [-0.3, -0.25) is 4.79 Å². The highest BCUT2D eigenvalue weighted by molar-refractivity contribution is 8.14. The molecule has 1 aliphatic heterocycles. The van der Waals surface area contributed by atoms with Gasteiger partial charge in [-0.1, -0.05) is 54.2 Å². The molecule has 1 aliphatic carbocycles. The van der Waals surface area contributed by atoms with Crippen LogP contribution < -0.4 is 15.0 Å². The van der Waals surface area contributed by atoms with Crippen LogP contribution in [0.1, 0.15) is 50.3 Å². The van der Waals surface area contributed by atoms with E-state index in [4.69, 9.17) is 4.99 Å². The molecule has 1 heterocycles. The number of anilines is 1. The maximum Gasteiger partial charge on any atom is 0.387 e. The fourth-order valence-electron chi connectivity index (χ4n) is 5.31. The molecule has 0 saturated carbocycles. The summed E-state index contributed by atoms with van der Waals surface area (Å²) in [7, 11) is 0. The molecule has 3 aromatic carbocycles. The van der Waals surface area contributed by atoms with Crippen molar-refractivity contribution in [3.8, 4) is 11.5 Å². The molecule has 9 heteroatoms. The average Bonchev–Trinajstić information content (AvgIpc) is 2.97. The molecule has 6 nitrogen and oxygen atoms in total. The predicted molar refractivity (Wildman–Crippen MR) is 165 cm³/mol. The summed E-state index contributed by atoms with van der Waals surface area (Å²) in [6.45, 7) is 1.12. The second kappa shape index (κ2) is 13.2. The van der Waals surface area contributed by atoms with Gasteiger partial charge in [0.05, 0.1) is 5.75 Å². The van der Waals surface area contributed by atoms with Gasteiger partial charge in [0.15, 0.2) is 5.17 Å². The number of benzene rings is 3. The van der Waals surface area contributed by atoms with Gasteiger partial charge in [0, 0.05) is 17.4 Å². The third-order valence-electron chi connectivity index (χ3n) is 7.15. The first-order valence-electron chi connectivity index (χ1n) is 13.9. The van der Waals surface area contributed by atoms with Crippen LogP contribution in [0.15, 0.2) is 101 Å². The fraction of sp³-hybridized carbons (Fsp3) is 0.273. The highest BCUT2D eigenvalue weighted by Gasteiger charge is 2.31. The van der Waals surface area contributed by atoms with E-state index in [2.05, 4.69) is 16.1 Å². The van der Waals surface area contributed by atoms with Crippen molar-refractivity contribution in [2.75, 3.05) is 10.7 Å². The Bertz CT molecular complexity index is 1490. The minimum Gasteiger partial charge on any atom is -0.508 e. The minimum absolute atomic E-state index is 0.00817. The van der Waals surface area contributed by atoms with E-state index in [1.165, 1.54) is 23.9 Å². The molecule has 1 atom stereocenters. The van der Waals surface area contributed by atoms with Crippen LogP contribution in [0.25, 0.3) is 6.08 Å². The Balaban J connectivity index is 1.42. The van der Waals surface area contributed by atoms with Gasteiger partial charge >= 0.3 is 6.61 Å². The minimum atomic E-state index is -2.87. The number of para-hydroxylation sites is 1. The van der Waals surface area contributed by atoms with Crippen molar-refractivity contribution < 1.29 is 23.4 Å². The summed E-state index contributed by atoms with van der Waals surface area (Å²) < 4.78 is 29.7. The lowest BCUT2D eigenvalue weighted by Gasteiger charge is -2.33. The number of phenols is 1. The third kappa shape index (κ3) is 7.02. The summed E-state index contributed by atoms with van der Waals surface area (Å²) in [6, 6.07) is 23.0. The Morgan fingerprint density at radius 3 is 2.45 bits per heavy atom. The molecule has 0 fully saturated rings. The van der Waals surface area contributed by atoms with E-state index >= 15 is 0 Å². The van der Waals surface area contributed by atoms with Crippen LogP contribution in [0.5, 0.6) is 11.5 Å². The Morgan fingerprint density at radius 2 is 1.79 bits per heavy atom. The maximum absolute atomic E-state index is 13.4. The molecular weight excluding hydrogens is 556 g/mol. The predicted octanol–water partition coefficient (Wildman–Crippen LogP) is 7.69. The number of hydrogen-bond donors (Lipinski definition) is 2. The molecule has 0 bridgehead atoms. The lowest BCUT2D eigenvalue weighted by Crippen LogP contribution is -2.39. The molecule has 218 valence electrons. The second-order valence-corrected chi connectivity index (χ2v) is 11.4. The number of rotatable bonds is 8. The highest BCUT2D eigenvalue weighted by atomic mass is 32.2. The highest BCUT2D eigenvalue weighted by Crippen LogP contribution is 2.42. The van der Waals surface area contributed by atoms with Crippen molar-refractivity contribution in [3.05, 3.63) is 107 Å². The first kappa shape index (κ1) is 29.4. The summed E-state index contributed by atoms with van der Waals surface area (Å²) in [6.07, 6.45) is 4.66. The summed E-state index contributed by atoms with van der Waals surface area (Å²) >= 11 is 1.37. The fourth-order valence-corrected chi connectivity index (χ4v) is 6.06. The number of amidine groups is 1. The Morgan fingerprint density at radius 1 is 1.07 bits per heavy atom. The molecule has 3 aromatic rings. The van der Waals surface area contributed by atoms with E-state index in [-0.39, 0.29) is 35.2 Å². The van der Waals surface area contributed by atoms with Crippen molar-refractivity contribution >= 4 is 34.6 Å². The number of nitrogens with zero attached hydrogens (tertiary/aromatic N) is 2. The first-order chi connectivity index (χ1) is 20.3. The van der Waals surface area contributed by atoms with Crippen LogP contribution in [0.3, 0.4) is 0 Å². The Hall–Kier alpha value is -4.11. The van der Waals surface area contributed by atoms with Crippen LogP contribution in [-0.2, 0) is 4.79 Å². The number of nitrogens with one attached hydrogen (secondary N) is 1. The molecular formula is C33H33F2N3O3S. The number of aliphatic imine (C=N–C) groups is 1. The van der Waals surface area contributed by atoms with Crippen LogP contribution in [-0.4, -0.2) is 34.6 Å². The van der Waals surface area contributed by atoms with Crippen molar-refractivity contribution in [3.63, 3.8) is 0 Å². The summed E-state index contributed by atoms with van der Waals surface area (Å²) in [4.78, 5) is 20.2. The number of carbonyl (C=O) groups excluding carboxylic acids is 1. The van der Waals surface area contributed by atoms with Crippen LogP contribution >= 0.6 is 11.8 Å². The monoisotopic (exact) mass is 589 g/mol. The largest absolute Gasteiger partial charge is 0.508 e. The van der Waals surface area contributed by atoms with Crippen molar-refractivity contribution in [1.82, 2.24) is 5.32 Å². The van der Waals surface area contributed by atoms with E-state index in [9.17, 15) is 18.7 Å². The van der Waals surface area contributed by atoms with Gasteiger partial charge in [0.2, 0.25) is 5.91 Å². The number of thioether (sulfide) groups is 1. The zero-order valence-corrected chi connectivity index (χ0v) is 24.3. The molecule has 0 unspecified atom stereocenters. The summed E-state index contributed by atoms with van der Waals surface area (Å²) in [5.74, 6) is 0.482. The summed E-state index contributed by atoms with van der Waals surface area (Å²) in [5, 5.41) is 14.0. The standard InChI is InChI=1S/C33H33F2N3O3S/c1-21(2)38(25-8-4-3-5-9-25)29(40)20-42-33-36-30(23-13-15-26(39)16-14-23)28-10-6-7-24(31(28)37-33)19-22-11-17-27(18-12-22)41-32(34)35/h3-5,8-9,11-19,21,30,32,39H,6-7,10,20H2,1-2H3,(H,36,37)/b24-19+/t30-/m1/s1. The van der Waals surface area contributed by atoms with Gasteiger partial charge in [-0.2, -0.15) is 8.78 Å². The molecule has 0 radical (unpaired) electrons. The molecule has 1 amide bonds. The number of phenolic OH excluding ortho intramolecular Hbond substituents is 1. The maximum atomic E-state index is 13.4. The topological polar surface area (TPSA) is 74.2 Å². The third-order valence-corrected chi connectivity index (χ3v) is 8.02. The molecule has 2 aliphatic rings. The number of alkyl halides is 2. The Labute approximate surface area is 248 Å². The van der Waals surface area contributed by atoms with E-state index in [1.54, 1.807) is 29.2 Å². The van der Waals surface area contributed by atoms with Crippen molar-refractivity contribution in [2.45, 2.75) is 51.8 Å². The average molecular weight is 590 g/mol. The lowest BCUT2D eigenvalue weighted by atomic mass is 9.84. The number of aromatic hydroxyl groups is 1. The van der Waals surface area contributed by atoms with E-state index in [0.717, 1.165) is 52.9 Å². The normalized spacial score (nSPS) is 17.6. The quantitative estimate of drug-likeness (QED) is 0.282. The van der Waals surface area contributed by atoms with Gasteiger partial charge in [0.25, 0.3) is 0 Å². The van der Waals surface area contributed by atoms with Gasteiger partial charge in [-0.05, 0) is 97.9 Å². The van der Waals surface area contributed by atoms with Gasteiger partial charge in [-0.15, -0.1) is 0 Å². The molecule has 42 heavy (non-hydrogen) atoms. The van der Waals surface area contributed by atoms with Crippen LogP contribution in [0.2, 0.25) is 0 Å². The first-order valence-corrected chi connectivity index (χ1v) is 14.9. The van der Waals surface area contributed by atoms with E-state index in [0.29, 0.717) is 5.17 Å². The number of ether oxygens (including phenoxy) is 1. The summed E-state index contributed by atoms with van der Waals surface area (Å²) in [5.41, 5.74) is 5.86. The molecule has 0 saturated heterocycles. The van der Waals surface area contributed by atoms with Crippen LogP contribution in [0.4, 0.5) is 14.5 Å². The zero-order chi connectivity index (χ0) is 29.6.